The number of quaternary nitrogens is 1. The molecule has 0 saturated carbocycles. The zero-order chi connectivity index (χ0) is 15.0. The van der Waals surface area contributed by atoms with Gasteiger partial charge in [0.15, 0.2) is 6.54 Å². The van der Waals surface area contributed by atoms with Crippen LogP contribution in [0.4, 0.5) is 0 Å². The SMILES string of the molecule is Cc1c(C)n(C(=O)C[NH+]2CCC(C)CC2)c2ccccc12. The molecule has 1 fully saturated rings. The fraction of sp³-hybridized carbons (Fsp3) is 0.500. The second-order valence-corrected chi connectivity index (χ2v) is 6.57. The second kappa shape index (κ2) is 5.64. The van der Waals surface area contributed by atoms with Crippen LogP contribution in [0.1, 0.15) is 35.8 Å². The molecule has 0 amide bonds. The second-order valence-electron chi connectivity index (χ2n) is 6.57. The normalized spacial score (nSPS) is 22.6. The third-order valence-electron chi connectivity index (χ3n) is 5.06. The third kappa shape index (κ3) is 2.62. The summed E-state index contributed by atoms with van der Waals surface area (Å²) in [6.07, 6.45) is 2.49. The van der Waals surface area contributed by atoms with Crippen molar-refractivity contribution < 1.29 is 9.69 Å². The number of rotatable bonds is 2. The number of piperidine rings is 1. The number of hydrogen-bond donors (Lipinski definition) is 1. The fourth-order valence-corrected chi connectivity index (χ4v) is 3.49. The molecule has 1 aliphatic heterocycles. The number of likely N-dealkylation sites (tertiary alicyclic amines) is 1. The number of aryl methyl sites for hydroxylation is 1. The van der Waals surface area contributed by atoms with E-state index in [0.717, 1.165) is 30.2 Å². The van der Waals surface area contributed by atoms with Gasteiger partial charge in [0.05, 0.1) is 18.6 Å². The molecule has 0 radical (unpaired) electrons. The molecule has 0 atom stereocenters. The van der Waals surface area contributed by atoms with Gasteiger partial charge in [-0.25, -0.2) is 0 Å². The van der Waals surface area contributed by atoms with Crippen LogP contribution in [0.15, 0.2) is 24.3 Å². The van der Waals surface area contributed by atoms with E-state index in [-0.39, 0.29) is 5.91 Å². The van der Waals surface area contributed by atoms with Gasteiger partial charge in [-0.15, -0.1) is 0 Å². The molecule has 1 aliphatic rings. The van der Waals surface area contributed by atoms with Crippen molar-refractivity contribution in [3.05, 3.63) is 35.5 Å². The minimum Gasteiger partial charge on any atom is -0.327 e. The Morgan fingerprint density at radius 1 is 1.24 bits per heavy atom. The number of nitrogens with one attached hydrogen (secondary N) is 1. The van der Waals surface area contributed by atoms with Crippen molar-refractivity contribution in [3.63, 3.8) is 0 Å². The zero-order valence-corrected chi connectivity index (χ0v) is 13.3. The molecule has 0 bridgehead atoms. The lowest BCUT2D eigenvalue weighted by molar-refractivity contribution is -0.897. The van der Waals surface area contributed by atoms with Crippen LogP contribution in [0.25, 0.3) is 10.9 Å². The number of nitrogens with zero attached hydrogens (tertiary/aromatic N) is 1. The molecule has 0 unspecified atom stereocenters. The van der Waals surface area contributed by atoms with E-state index < -0.39 is 0 Å². The van der Waals surface area contributed by atoms with Gasteiger partial charge in [0.2, 0.25) is 0 Å². The summed E-state index contributed by atoms with van der Waals surface area (Å²) in [6, 6.07) is 8.22. The van der Waals surface area contributed by atoms with Crippen LogP contribution in [-0.2, 0) is 0 Å². The molecular formula is C18H25N2O+. The molecule has 112 valence electrons. The topological polar surface area (TPSA) is 26.4 Å². The lowest BCUT2D eigenvalue weighted by atomic mass is 9.99. The number of fused-ring (bicyclic) bond motifs is 1. The maximum atomic E-state index is 12.8. The number of benzene rings is 1. The van der Waals surface area contributed by atoms with Crippen LogP contribution in [0.5, 0.6) is 0 Å². The van der Waals surface area contributed by atoms with E-state index in [4.69, 9.17) is 0 Å². The molecule has 1 aromatic heterocycles. The standard InChI is InChI=1S/C18H24N2O/c1-13-8-10-19(11-9-13)12-18(21)20-15(3)14(2)16-6-4-5-7-17(16)20/h4-7,13H,8-12H2,1-3H3/p+1. The van der Waals surface area contributed by atoms with Crippen LogP contribution in [0.3, 0.4) is 0 Å². The third-order valence-corrected chi connectivity index (χ3v) is 5.06. The molecule has 21 heavy (non-hydrogen) atoms. The van der Waals surface area contributed by atoms with Crippen molar-refractivity contribution >= 4 is 16.8 Å². The van der Waals surface area contributed by atoms with Gasteiger partial charge < -0.3 is 4.90 Å². The molecule has 1 aromatic carbocycles. The van der Waals surface area contributed by atoms with Crippen molar-refractivity contribution in [3.8, 4) is 0 Å². The molecule has 1 saturated heterocycles. The van der Waals surface area contributed by atoms with E-state index in [1.54, 1.807) is 0 Å². The van der Waals surface area contributed by atoms with E-state index in [1.165, 1.54) is 28.7 Å². The molecule has 3 nitrogen and oxygen atoms in total. The van der Waals surface area contributed by atoms with Crippen molar-refractivity contribution in [2.75, 3.05) is 19.6 Å². The summed E-state index contributed by atoms with van der Waals surface area (Å²) >= 11 is 0. The Kier molecular flexibility index (Phi) is 3.85. The largest absolute Gasteiger partial charge is 0.327 e. The number of hydrogen-bond acceptors (Lipinski definition) is 1. The maximum absolute atomic E-state index is 12.8. The quantitative estimate of drug-likeness (QED) is 0.900. The van der Waals surface area contributed by atoms with Gasteiger partial charge in [-0.3, -0.25) is 9.36 Å². The first-order chi connectivity index (χ1) is 10.1. The Labute approximate surface area is 126 Å². The Balaban J connectivity index is 1.86. The van der Waals surface area contributed by atoms with Gasteiger partial charge in [-0.1, -0.05) is 25.1 Å². The van der Waals surface area contributed by atoms with E-state index in [9.17, 15) is 4.79 Å². The zero-order valence-electron chi connectivity index (χ0n) is 13.3. The molecule has 2 aromatic rings. The molecule has 3 heteroatoms. The summed E-state index contributed by atoms with van der Waals surface area (Å²) < 4.78 is 1.93. The summed E-state index contributed by atoms with van der Waals surface area (Å²) in [7, 11) is 0. The summed E-state index contributed by atoms with van der Waals surface area (Å²) in [4.78, 5) is 14.2. The molecule has 1 N–H and O–H groups in total. The van der Waals surface area contributed by atoms with Crippen LogP contribution in [-0.4, -0.2) is 30.1 Å². The van der Waals surface area contributed by atoms with E-state index >= 15 is 0 Å². The summed E-state index contributed by atoms with van der Waals surface area (Å²) in [5, 5.41) is 1.20. The summed E-state index contributed by atoms with van der Waals surface area (Å²) in [6.45, 7) is 9.35. The number of aromatic nitrogens is 1. The summed E-state index contributed by atoms with van der Waals surface area (Å²) in [5.41, 5.74) is 3.37. The highest BCUT2D eigenvalue weighted by Crippen LogP contribution is 2.24. The number of para-hydroxylation sites is 1. The van der Waals surface area contributed by atoms with Gasteiger partial charge >= 0.3 is 0 Å². The van der Waals surface area contributed by atoms with Crippen molar-refractivity contribution in [1.82, 2.24) is 4.57 Å². The highest BCUT2D eigenvalue weighted by atomic mass is 16.2. The molecular weight excluding hydrogens is 260 g/mol. The monoisotopic (exact) mass is 285 g/mol. The molecule has 0 spiro atoms. The minimum atomic E-state index is 0.237. The fourth-order valence-electron chi connectivity index (χ4n) is 3.49. The average molecular weight is 285 g/mol. The van der Waals surface area contributed by atoms with E-state index in [2.05, 4.69) is 32.9 Å². The van der Waals surface area contributed by atoms with Gasteiger partial charge in [0.25, 0.3) is 5.91 Å². The predicted octanol–water partition coefficient (Wildman–Crippen LogP) is 2.21. The first kappa shape index (κ1) is 14.3. The Morgan fingerprint density at radius 3 is 2.62 bits per heavy atom. The van der Waals surface area contributed by atoms with E-state index in [1.807, 2.05) is 16.7 Å². The highest BCUT2D eigenvalue weighted by Gasteiger charge is 2.24. The number of carbonyl (C=O) groups excluding carboxylic acids is 1. The predicted molar refractivity (Wildman–Crippen MR) is 86.0 cm³/mol. The van der Waals surface area contributed by atoms with Gasteiger partial charge in [0, 0.05) is 11.1 Å². The molecule has 3 rings (SSSR count). The Bertz CT molecular complexity index is 663. The highest BCUT2D eigenvalue weighted by molar-refractivity contribution is 5.96. The number of carbonyl (C=O) groups is 1. The van der Waals surface area contributed by atoms with Crippen LogP contribution in [0, 0.1) is 19.8 Å². The molecule has 0 aliphatic carbocycles. The first-order valence-electron chi connectivity index (χ1n) is 8.01. The smallest absolute Gasteiger partial charge is 0.286 e. The lowest BCUT2D eigenvalue weighted by Gasteiger charge is -2.26. The maximum Gasteiger partial charge on any atom is 0.286 e. The van der Waals surface area contributed by atoms with Crippen LogP contribution < -0.4 is 4.90 Å². The van der Waals surface area contributed by atoms with Crippen molar-refractivity contribution in [2.45, 2.75) is 33.6 Å². The van der Waals surface area contributed by atoms with Crippen molar-refractivity contribution in [2.24, 2.45) is 5.92 Å². The lowest BCUT2D eigenvalue weighted by Crippen LogP contribution is -3.14. The van der Waals surface area contributed by atoms with Crippen LogP contribution in [0.2, 0.25) is 0 Å². The van der Waals surface area contributed by atoms with E-state index in [0.29, 0.717) is 6.54 Å². The van der Waals surface area contributed by atoms with Gasteiger partial charge in [-0.2, -0.15) is 0 Å². The minimum absolute atomic E-state index is 0.237. The molecule has 2 heterocycles. The van der Waals surface area contributed by atoms with Gasteiger partial charge in [0.1, 0.15) is 0 Å². The Hall–Kier alpha value is -1.61. The van der Waals surface area contributed by atoms with Crippen LogP contribution >= 0.6 is 0 Å². The average Bonchev–Trinajstić information content (AvgIpc) is 2.74. The van der Waals surface area contributed by atoms with Gasteiger partial charge in [-0.05, 0) is 44.2 Å². The summed E-state index contributed by atoms with van der Waals surface area (Å²) in [5.74, 6) is 1.06. The van der Waals surface area contributed by atoms with Crippen molar-refractivity contribution in [1.29, 1.82) is 0 Å². The first-order valence-corrected chi connectivity index (χ1v) is 8.01. The Morgan fingerprint density at radius 2 is 1.90 bits per heavy atom.